The molecule has 0 unspecified atom stereocenters. The highest BCUT2D eigenvalue weighted by atomic mass is 16.3. The maximum absolute atomic E-state index is 6.39. The molecule has 0 spiro atoms. The number of furan rings is 2. The Hall–Kier alpha value is -13.2. The number of hydrogen-bond donors (Lipinski definition) is 0. The fourth-order valence-corrected chi connectivity index (χ4v) is 19.1. The summed E-state index contributed by atoms with van der Waals surface area (Å²) in [5.41, 5.74) is 32.6. The molecule has 23 rings (SSSR count). The Balaban J connectivity index is 0.000000134. The van der Waals surface area contributed by atoms with E-state index in [4.69, 9.17) is 18.8 Å². The summed E-state index contributed by atoms with van der Waals surface area (Å²) >= 11 is 0. The van der Waals surface area contributed by atoms with Crippen LogP contribution in [0.5, 0.6) is 0 Å². The predicted octanol–water partition coefficient (Wildman–Crippen LogP) is 27.6. The van der Waals surface area contributed by atoms with Gasteiger partial charge in [0.15, 0.2) is 5.82 Å². The molecule has 0 saturated heterocycles. The standard InChI is InChI=1S/C53H37NO.C49H35N3O/c1-30-24-49(31(2)23-40(30)32-21-22-37-35-15-6-5-13-33(35)34-14-7-8-16-36(34)41(37)25-32)54-48-19-11-9-17-38(48)44-26-42-43-27-45-39-18-10-12-20-51(39)55-52(45)29-47(43)53(3,4)46(42)28-50(44)54;1-28-23-43(29(2)22-34(28)48-50-41-19-11-8-18-33(41)47(51-48)30-14-6-5-7-15-30)52-42-20-12-9-16-31(42)37-24-35-36-25-38-32-17-10-13-21-45(32)53-46(38)27-40(36)49(3,4)39(35)26-44(37)52/h5-29H,1-4H3;5-27H,1-4H3. The molecule has 0 fully saturated rings. The largest absolute Gasteiger partial charge is 0.456 e. The number of para-hydroxylation sites is 5. The van der Waals surface area contributed by atoms with Gasteiger partial charge in [-0.05, 0) is 247 Å². The number of rotatable bonds is 5. The maximum Gasteiger partial charge on any atom is 0.160 e. The first-order chi connectivity index (χ1) is 52.7. The quantitative estimate of drug-likeness (QED) is 0.161. The molecule has 5 aromatic heterocycles. The zero-order chi connectivity index (χ0) is 72.3. The first kappa shape index (κ1) is 62.2. The number of fused-ring (bicyclic) bond motifs is 25. The van der Waals surface area contributed by atoms with Gasteiger partial charge in [0.1, 0.15) is 22.3 Å². The normalized spacial score (nSPS) is 13.5. The Morgan fingerprint density at radius 1 is 0.250 bits per heavy atom. The highest BCUT2D eigenvalue weighted by molar-refractivity contribution is 6.26. The molecular formula is C102H72N4O2. The summed E-state index contributed by atoms with van der Waals surface area (Å²) < 4.78 is 17.7. The molecule has 6 heteroatoms. The average Bonchev–Trinajstić information content (AvgIpc) is 1.56. The maximum atomic E-state index is 6.39. The van der Waals surface area contributed by atoms with E-state index >= 15 is 0 Å². The van der Waals surface area contributed by atoms with E-state index in [0.29, 0.717) is 0 Å². The number of aromatic nitrogens is 4. The summed E-state index contributed by atoms with van der Waals surface area (Å²) in [6.07, 6.45) is 0. The summed E-state index contributed by atoms with van der Waals surface area (Å²) in [6, 6.07) is 106. The molecule has 6 nitrogen and oxygen atoms in total. The van der Waals surface area contributed by atoms with E-state index in [1.54, 1.807) is 0 Å². The van der Waals surface area contributed by atoms with Crippen LogP contribution < -0.4 is 0 Å². The monoisotopic (exact) mass is 1380 g/mol. The molecule has 2 aliphatic rings. The molecule has 2 aliphatic carbocycles. The van der Waals surface area contributed by atoms with Crippen molar-refractivity contribution in [3.63, 3.8) is 0 Å². The van der Waals surface area contributed by atoms with Gasteiger partial charge in [-0.2, -0.15) is 0 Å². The van der Waals surface area contributed by atoms with Gasteiger partial charge in [0.2, 0.25) is 0 Å². The van der Waals surface area contributed by atoms with E-state index < -0.39 is 0 Å². The molecule has 512 valence electrons. The zero-order valence-electron chi connectivity index (χ0n) is 61.3. The molecular weight excluding hydrogens is 1310 g/mol. The topological polar surface area (TPSA) is 61.9 Å². The van der Waals surface area contributed by atoms with Crippen molar-refractivity contribution in [3.8, 4) is 67.4 Å². The molecule has 5 heterocycles. The molecule has 0 amide bonds. The van der Waals surface area contributed by atoms with Crippen molar-refractivity contribution in [1.29, 1.82) is 0 Å². The average molecular weight is 1390 g/mol. The first-order valence-corrected chi connectivity index (χ1v) is 37.7. The summed E-state index contributed by atoms with van der Waals surface area (Å²) in [7, 11) is 0. The van der Waals surface area contributed by atoms with Crippen molar-refractivity contribution in [2.45, 2.75) is 66.2 Å². The van der Waals surface area contributed by atoms with Crippen LogP contribution in [0.1, 0.15) is 72.2 Å². The second-order valence-electron chi connectivity index (χ2n) is 31.3. The van der Waals surface area contributed by atoms with Crippen LogP contribution in [-0.4, -0.2) is 19.1 Å². The third-order valence-electron chi connectivity index (χ3n) is 24.4. The van der Waals surface area contributed by atoms with Gasteiger partial charge in [0.25, 0.3) is 0 Å². The van der Waals surface area contributed by atoms with Gasteiger partial charge in [-0.1, -0.05) is 210 Å². The lowest BCUT2D eigenvalue weighted by Gasteiger charge is -2.22. The van der Waals surface area contributed by atoms with Crippen LogP contribution >= 0.6 is 0 Å². The fraction of sp³-hybridized carbons (Fsp3) is 0.0980. The Labute approximate surface area is 624 Å². The van der Waals surface area contributed by atoms with E-state index in [-0.39, 0.29) is 10.8 Å². The van der Waals surface area contributed by atoms with Crippen LogP contribution in [-0.2, 0) is 10.8 Å². The minimum absolute atomic E-state index is 0.187. The van der Waals surface area contributed by atoms with E-state index in [9.17, 15) is 0 Å². The highest BCUT2D eigenvalue weighted by Gasteiger charge is 2.40. The van der Waals surface area contributed by atoms with E-state index in [0.717, 1.165) is 66.8 Å². The van der Waals surface area contributed by atoms with Crippen molar-refractivity contribution in [2.24, 2.45) is 0 Å². The summed E-state index contributed by atoms with van der Waals surface area (Å²) in [5, 5.41) is 18.6. The smallest absolute Gasteiger partial charge is 0.160 e. The van der Waals surface area contributed by atoms with Gasteiger partial charge in [0, 0.05) is 81.8 Å². The molecule has 0 atom stereocenters. The van der Waals surface area contributed by atoms with Gasteiger partial charge < -0.3 is 18.0 Å². The molecule has 0 radical (unpaired) electrons. The molecule has 108 heavy (non-hydrogen) atoms. The summed E-state index contributed by atoms with van der Waals surface area (Å²) in [6.45, 7) is 18.4. The molecule has 0 aliphatic heterocycles. The van der Waals surface area contributed by atoms with Crippen molar-refractivity contribution in [2.75, 3.05) is 0 Å². The lowest BCUT2D eigenvalue weighted by atomic mass is 9.82. The summed E-state index contributed by atoms with van der Waals surface area (Å²) in [4.78, 5) is 10.3. The summed E-state index contributed by atoms with van der Waals surface area (Å²) in [5.74, 6) is 0.743. The second-order valence-corrected chi connectivity index (χ2v) is 31.3. The molecule has 0 bridgehead atoms. The van der Waals surface area contributed by atoms with Gasteiger partial charge >= 0.3 is 0 Å². The Morgan fingerprint density at radius 2 is 0.648 bits per heavy atom. The lowest BCUT2D eigenvalue weighted by molar-refractivity contribution is 0.647. The van der Waals surface area contributed by atoms with Crippen molar-refractivity contribution in [3.05, 3.63) is 336 Å². The van der Waals surface area contributed by atoms with Crippen molar-refractivity contribution < 1.29 is 8.83 Å². The molecule has 0 saturated carbocycles. The third-order valence-corrected chi connectivity index (χ3v) is 24.4. The van der Waals surface area contributed by atoms with Crippen molar-refractivity contribution in [1.82, 2.24) is 19.1 Å². The van der Waals surface area contributed by atoms with Crippen LogP contribution in [0.2, 0.25) is 0 Å². The van der Waals surface area contributed by atoms with E-state index in [2.05, 4.69) is 331 Å². The number of hydrogen-bond acceptors (Lipinski definition) is 4. The van der Waals surface area contributed by atoms with Gasteiger partial charge in [0.05, 0.1) is 33.3 Å². The van der Waals surface area contributed by atoms with Gasteiger partial charge in [-0.15, -0.1) is 0 Å². The van der Waals surface area contributed by atoms with Crippen LogP contribution in [0.4, 0.5) is 0 Å². The Kier molecular flexibility index (Phi) is 13.1. The van der Waals surface area contributed by atoms with Crippen LogP contribution in [0.15, 0.2) is 300 Å². The molecule has 0 N–H and O–H groups in total. The van der Waals surface area contributed by atoms with Crippen LogP contribution in [0.25, 0.3) is 198 Å². The first-order valence-electron chi connectivity index (χ1n) is 37.7. The second kappa shape index (κ2) is 22.7. The zero-order valence-corrected chi connectivity index (χ0v) is 61.3. The Morgan fingerprint density at radius 3 is 1.17 bits per heavy atom. The number of nitrogens with zero attached hydrogens (tertiary/aromatic N) is 4. The minimum Gasteiger partial charge on any atom is -0.456 e. The Bertz CT molecular complexity index is 7500. The SMILES string of the molecule is Cc1cc(-n2c3ccccc3c3cc4c(cc32)C(C)(C)c2cc3oc5ccccc5c3cc2-4)c(C)cc1-c1ccc2c3ccccc3c3ccccc3c2c1.Cc1cc(-n2c3ccccc3c3cc4c(cc32)C(C)(C)c2cc3oc5ccccc5c3cc2-4)c(C)cc1-c1nc(-c2ccccc2)c2ccccc2n1. The lowest BCUT2D eigenvalue weighted by Crippen LogP contribution is -2.15. The number of benzene rings is 16. The molecule has 21 aromatic rings. The van der Waals surface area contributed by atoms with Crippen LogP contribution in [0, 0.1) is 27.7 Å². The highest BCUT2D eigenvalue weighted by Crippen LogP contribution is 2.56. The van der Waals surface area contributed by atoms with Gasteiger partial charge in [-0.25, -0.2) is 9.97 Å². The van der Waals surface area contributed by atoms with E-state index in [1.165, 1.54) is 176 Å². The predicted molar refractivity (Wildman–Crippen MR) is 452 cm³/mol. The minimum atomic E-state index is -0.202. The third kappa shape index (κ3) is 8.89. The number of aryl methyl sites for hydroxylation is 4. The fourth-order valence-electron chi connectivity index (χ4n) is 19.1. The van der Waals surface area contributed by atoms with Gasteiger partial charge in [-0.3, -0.25) is 0 Å². The van der Waals surface area contributed by atoms with Crippen molar-refractivity contribution >= 4 is 131 Å². The molecule has 16 aromatic carbocycles. The van der Waals surface area contributed by atoms with Crippen LogP contribution in [0.3, 0.4) is 0 Å². The van der Waals surface area contributed by atoms with E-state index in [1.807, 2.05) is 24.3 Å².